The number of ether oxygens (including phenoxy) is 1. The molecular weight excluding hydrogens is 397 g/mol. The van der Waals surface area contributed by atoms with Gasteiger partial charge in [0.15, 0.2) is 5.11 Å². The minimum atomic E-state index is -4.37. The van der Waals surface area contributed by atoms with Crippen molar-refractivity contribution in [1.29, 1.82) is 0 Å². The lowest BCUT2D eigenvalue weighted by Crippen LogP contribution is -2.45. The zero-order valence-electron chi connectivity index (χ0n) is 15.9. The van der Waals surface area contributed by atoms with Crippen molar-refractivity contribution in [3.05, 3.63) is 72.3 Å². The molecule has 3 nitrogen and oxygen atoms in total. The Balaban J connectivity index is 1.73. The third-order valence-electron chi connectivity index (χ3n) is 5.03. The Morgan fingerprint density at radius 1 is 1.14 bits per heavy atom. The van der Waals surface area contributed by atoms with E-state index in [0.717, 1.165) is 37.4 Å². The van der Waals surface area contributed by atoms with Crippen molar-refractivity contribution in [3.8, 4) is 5.75 Å². The fraction of sp³-hybridized carbons (Fsp3) is 0.318. The average molecular weight is 421 g/mol. The van der Waals surface area contributed by atoms with Crippen LogP contribution in [0.2, 0.25) is 0 Å². The molecule has 1 fully saturated rings. The lowest BCUT2D eigenvalue weighted by atomic mass is 9.87. The molecule has 0 atom stereocenters. The molecule has 2 N–H and O–H groups in total. The van der Waals surface area contributed by atoms with Gasteiger partial charge in [-0.05, 0) is 67.0 Å². The number of hydrogen-bond acceptors (Lipinski definition) is 2. The summed E-state index contributed by atoms with van der Waals surface area (Å²) in [4.78, 5) is 0. The average Bonchev–Trinajstić information content (AvgIpc) is 3.16. The van der Waals surface area contributed by atoms with Crippen LogP contribution in [0.1, 0.15) is 36.8 Å². The molecule has 0 aliphatic heterocycles. The number of anilines is 1. The van der Waals surface area contributed by atoms with E-state index in [4.69, 9.17) is 17.0 Å². The monoisotopic (exact) mass is 420 g/mol. The van der Waals surface area contributed by atoms with Gasteiger partial charge in [0.2, 0.25) is 0 Å². The van der Waals surface area contributed by atoms with E-state index in [1.165, 1.54) is 12.1 Å². The normalized spacial score (nSPS) is 15.6. The van der Waals surface area contributed by atoms with E-state index in [0.29, 0.717) is 23.0 Å². The van der Waals surface area contributed by atoms with Crippen LogP contribution in [0.4, 0.5) is 18.9 Å². The Morgan fingerprint density at radius 2 is 1.83 bits per heavy atom. The Labute approximate surface area is 174 Å². The maximum atomic E-state index is 13.2. The summed E-state index contributed by atoms with van der Waals surface area (Å²) in [5, 5.41) is 6.79. The zero-order chi connectivity index (χ0) is 20.9. The summed E-state index contributed by atoms with van der Waals surface area (Å²) in [5.41, 5.74) is 0.142. The van der Waals surface area contributed by atoms with Gasteiger partial charge in [0.05, 0.1) is 11.1 Å². The van der Waals surface area contributed by atoms with Crippen LogP contribution in [0, 0.1) is 0 Å². The molecule has 0 heterocycles. The third kappa shape index (κ3) is 5.29. The van der Waals surface area contributed by atoms with Gasteiger partial charge in [0.25, 0.3) is 0 Å². The molecule has 1 saturated carbocycles. The van der Waals surface area contributed by atoms with Gasteiger partial charge in [-0.25, -0.2) is 0 Å². The van der Waals surface area contributed by atoms with Crippen LogP contribution in [0.3, 0.4) is 0 Å². The van der Waals surface area contributed by atoms with Crippen molar-refractivity contribution in [2.75, 3.05) is 11.9 Å². The summed E-state index contributed by atoms with van der Waals surface area (Å²) in [6, 6.07) is 12.8. The van der Waals surface area contributed by atoms with Crippen LogP contribution in [0.15, 0.2) is 61.2 Å². The number of alkyl halides is 3. The maximum absolute atomic E-state index is 13.2. The van der Waals surface area contributed by atoms with Crippen LogP contribution in [0.25, 0.3) is 0 Å². The molecule has 1 aliphatic rings. The van der Waals surface area contributed by atoms with Gasteiger partial charge < -0.3 is 15.4 Å². The number of nitrogens with one attached hydrogen (secondary N) is 2. The van der Waals surface area contributed by atoms with E-state index >= 15 is 0 Å². The van der Waals surface area contributed by atoms with Crippen LogP contribution >= 0.6 is 12.2 Å². The largest absolute Gasteiger partial charge is 0.490 e. The van der Waals surface area contributed by atoms with Crippen molar-refractivity contribution < 1.29 is 17.9 Å². The standard InChI is InChI=1S/C22H23F3N2OS/c1-2-14-28-19-10-8-18(9-11-19)26-20(29)27-21(12-3-4-13-21)16-6-5-7-17(15-16)22(23,24)25/h2,5-11,15H,1,3-4,12-14H2,(H2,26,27,29). The van der Waals surface area contributed by atoms with E-state index in [-0.39, 0.29) is 0 Å². The predicted molar refractivity (Wildman–Crippen MR) is 113 cm³/mol. The second-order valence-electron chi connectivity index (χ2n) is 7.07. The smallest absolute Gasteiger partial charge is 0.416 e. The van der Waals surface area contributed by atoms with Gasteiger partial charge >= 0.3 is 6.18 Å². The molecule has 0 spiro atoms. The van der Waals surface area contributed by atoms with E-state index in [1.807, 2.05) is 24.3 Å². The molecular formula is C22H23F3N2OS. The zero-order valence-corrected chi connectivity index (χ0v) is 16.7. The van der Waals surface area contributed by atoms with Crippen LogP contribution in [0.5, 0.6) is 5.75 Å². The lowest BCUT2D eigenvalue weighted by Gasteiger charge is -2.33. The number of halogens is 3. The first-order chi connectivity index (χ1) is 13.8. The summed E-state index contributed by atoms with van der Waals surface area (Å²) >= 11 is 5.46. The first-order valence-corrected chi connectivity index (χ1v) is 9.84. The Morgan fingerprint density at radius 3 is 2.45 bits per heavy atom. The van der Waals surface area contributed by atoms with Crippen molar-refractivity contribution in [2.24, 2.45) is 0 Å². The highest BCUT2D eigenvalue weighted by atomic mass is 32.1. The van der Waals surface area contributed by atoms with E-state index in [1.54, 1.807) is 12.1 Å². The first kappa shape index (κ1) is 21.2. The van der Waals surface area contributed by atoms with Crippen molar-refractivity contribution in [3.63, 3.8) is 0 Å². The Hall–Kier alpha value is -2.54. The van der Waals surface area contributed by atoms with Crippen LogP contribution in [-0.4, -0.2) is 11.7 Å². The fourth-order valence-electron chi connectivity index (χ4n) is 3.63. The summed E-state index contributed by atoms with van der Waals surface area (Å²) in [5.74, 6) is 0.713. The fourth-order valence-corrected chi connectivity index (χ4v) is 3.94. The topological polar surface area (TPSA) is 33.3 Å². The SMILES string of the molecule is C=CCOc1ccc(NC(=S)NC2(c3cccc(C(F)(F)F)c3)CCCC2)cc1. The molecule has 0 radical (unpaired) electrons. The number of hydrogen-bond donors (Lipinski definition) is 2. The second-order valence-corrected chi connectivity index (χ2v) is 7.48. The van der Waals surface area contributed by atoms with Gasteiger partial charge in [0, 0.05) is 5.69 Å². The highest BCUT2D eigenvalue weighted by molar-refractivity contribution is 7.80. The quantitative estimate of drug-likeness (QED) is 0.442. The van der Waals surface area contributed by atoms with Crippen LogP contribution in [-0.2, 0) is 11.7 Å². The lowest BCUT2D eigenvalue weighted by molar-refractivity contribution is -0.137. The molecule has 0 aromatic heterocycles. The molecule has 7 heteroatoms. The van der Waals surface area contributed by atoms with Crippen molar-refractivity contribution in [2.45, 2.75) is 37.4 Å². The molecule has 29 heavy (non-hydrogen) atoms. The first-order valence-electron chi connectivity index (χ1n) is 9.43. The Kier molecular flexibility index (Phi) is 6.47. The molecule has 2 aromatic carbocycles. The van der Waals surface area contributed by atoms with Crippen molar-refractivity contribution >= 4 is 23.0 Å². The molecule has 154 valence electrons. The van der Waals surface area contributed by atoms with E-state index in [9.17, 15) is 13.2 Å². The molecule has 0 bridgehead atoms. The number of thiocarbonyl (C=S) groups is 1. The summed E-state index contributed by atoms with van der Waals surface area (Å²) < 4.78 is 44.9. The molecule has 2 aromatic rings. The third-order valence-corrected chi connectivity index (χ3v) is 5.24. The molecule has 3 rings (SSSR count). The molecule has 0 unspecified atom stereocenters. The van der Waals surface area contributed by atoms with Gasteiger partial charge in [-0.1, -0.05) is 37.6 Å². The summed E-state index contributed by atoms with van der Waals surface area (Å²) in [6.45, 7) is 4.03. The van der Waals surface area contributed by atoms with Gasteiger partial charge in [0.1, 0.15) is 12.4 Å². The Bertz CT molecular complexity index is 859. The van der Waals surface area contributed by atoms with E-state index in [2.05, 4.69) is 17.2 Å². The van der Waals surface area contributed by atoms with Gasteiger partial charge in [-0.2, -0.15) is 13.2 Å². The van der Waals surface area contributed by atoms with Crippen LogP contribution < -0.4 is 15.4 Å². The highest BCUT2D eigenvalue weighted by Crippen LogP contribution is 2.41. The summed E-state index contributed by atoms with van der Waals surface area (Å²) in [7, 11) is 0. The number of rotatable bonds is 6. The second kappa shape index (κ2) is 8.86. The minimum absolute atomic E-state index is 0.379. The van der Waals surface area contributed by atoms with Gasteiger partial charge in [-0.15, -0.1) is 0 Å². The molecule has 0 amide bonds. The minimum Gasteiger partial charge on any atom is -0.490 e. The molecule has 0 saturated heterocycles. The van der Waals surface area contributed by atoms with Gasteiger partial charge in [-0.3, -0.25) is 0 Å². The summed E-state index contributed by atoms with van der Waals surface area (Å²) in [6.07, 6.45) is 0.612. The van der Waals surface area contributed by atoms with E-state index < -0.39 is 17.3 Å². The number of benzene rings is 2. The highest BCUT2D eigenvalue weighted by Gasteiger charge is 2.38. The molecule has 1 aliphatic carbocycles. The predicted octanol–water partition coefficient (Wildman–Crippen LogP) is 6.03. The van der Waals surface area contributed by atoms with Crippen molar-refractivity contribution in [1.82, 2.24) is 5.32 Å². The maximum Gasteiger partial charge on any atom is 0.416 e.